The molecule has 3 heterocycles. The van der Waals surface area contributed by atoms with Gasteiger partial charge in [-0.25, -0.2) is 4.98 Å². The second-order valence-electron chi connectivity index (χ2n) is 11.6. The molecule has 6 aromatic carbocycles. The molecule has 0 atom stereocenters. The first-order valence-electron chi connectivity index (χ1n) is 15.6. The van der Waals surface area contributed by atoms with Gasteiger partial charge in [-0.3, -0.25) is 4.57 Å². The van der Waals surface area contributed by atoms with E-state index in [-0.39, 0.29) is 0 Å². The Kier molecular flexibility index (Phi) is 6.14. The van der Waals surface area contributed by atoms with E-state index in [4.69, 9.17) is 9.40 Å². The number of aromatic nitrogens is 2. The highest BCUT2D eigenvalue weighted by Gasteiger charge is 2.23. The smallest absolute Gasteiger partial charge is 0.145 e. The lowest BCUT2D eigenvalue weighted by Gasteiger charge is -2.13. The highest BCUT2D eigenvalue weighted by atomic mass is 16.3. The van der Waals surface area contributed by atoms with Gasteiger partial charge in [0, 0.05) is 27.5 Å². The predicted octanol–water partition coefficient (Wildman–Crippen LogP) is 11.6. The summed E-state index contributed by atoms with van der Waals surface area (Å²) in [7, 11) is 0. The van der Waals surface area contributed by atoms with Crippen LogP contribution in [0.5, 0.6) is 0 Å². The van der Waals surface area contributed by atoms with Gasteiger partial charge >= 0.3 is 0 Å². The van der Waals surface area contributed by atoms with E-state index >= 15 is 0 Å². The Morgan fingerprint density at radius 2 is 1.02 bits per heavy atom. The van der Waals surface area contributed by atoms with Crippen molar-refractivity contribution in [2.75, 3.05) is 0 Å². The molecule has 3 aromatic heterocycles. The zero-order valence-corrected chi connectivity index (χ0v) is 25.0. The van der Waals surface area contributed by atoms with Crippen LogP contribution in [0, 0.1) is 0 Å². The van der Waals surface area contributed by atoms with Gasteiger partial charge in [-0.1, -0.05) is 140 Å². The van der Waals surface area contributed by atoms with Crippen LogP contribution in [-0.2, 0) is 0 Å². The van der Waals surface area contributed by atoms with Gasteiger partial charge < -0.3 is 4.42 Å². The van der Waals surface area contributed by atoms with Crippen LogP contribution in [0.1, 0.15) is 0 Å². The van der Waals surface area contributed by atoms with Crippen LogP contribution in [-0.4, -0.2) is 9.55 Å². The van der Waals surface area contributed by atoms with Crippen LogP contribution < -0.4 is 0 Å². The second-order valence-corrected chi connectivity index (χ2v) is 11.6. The lowest BCUT2D eigenvalue weighted by atomic mass is 9.98. The fourth-order valence-corrected chi connectivity index (χ4v) is 6.72. The summed E-state index contributed by atoms with van der Waals surface area (Å²) < 4.78 is 9.25. The van der Waals surface area contributed by atoms with Crippen LogP contribution >= 0.6 is 0 Å². The van der Waals surface area contributed by atoms with Gasteiger partial charge in [0.15, 0.2) is 0 Å². The maximum Gasteiger partial charge on any atom is 0.145 e. The minimum Gasteiger partial charge on any atom is -0.455 e. The van der Waals surface area contributed by atoms with Crippen molar-refractivity contribution in [2.45, 2.75) is 0 Å². The molecule has 0 spiro atoms. The molecule has 216 valence electrons. The molecule has 0 saturated carbocycles. The second kappa shape index (κ2) is 10.8. The Morgan fingerprint density at radius 3 is 1.72 bits per heavy atom. The van der Waals surface area contributed by atoms with E-state index < -0.39 is 0 Å². The monoisotopic (exact) mass is 588 g/mol. The Balaban J connectivity index is 1.38. The lowest BCUT2D eigenvalue weighted by molar-refractivity contribution is 0.636. The minimum atomic E-state index is 0.865. The predicted molar refractivity (Wildman–Crippen MR) is 190 cm³/mol. The molecule has 0 aliphatic rings. The first kappa shape index (κ1) is 26.2. The molecule has 0 N–H and O–H groups in total. The topological polar surface area (TPSA) is 31.0 Å². The van der Waals surface area contributed by atoms with Gasteiger partial charge in [0.25, 0.3) is 0 Å². The van der Waals surface area contributed by atoms with Crippen molar-refractivity contribution in [1.29, 1.82) is 0 Å². The first-order chi connectivity index (χ1) is 22.8. The van der Waals surface area contributed by atoms with Crippen molar-refractivity contribution in [1.82, 2.24) is 9.55 Å². The normalized spacial score (nSPS) is 11.5. The SMILES string of the molecule is c1ccc(-c2cc(-c3ccccc3)nc(-n3c4ccccc4c4c5oc(-c6ccccc6)c(-c6ccccc6)c5ccc43)c2)cc1. The molecule has 0 amide bonds. The van der Waals surface area contributed by atoms with Crippen LogP contribution in [0.2, 0.25) is 0 Å². The molecule has 3 nitrogen and oxygen atoms in total. The van der Waals surface area contributed by atoms with Gasteiger partial charge in [-0.05, 0) is 47.0 Å². The molecule has 3 heteroatoms. The number of benzene rings is 6. The van der Waals surface area contributed by atoms with E-state index in [9.17, 15) is 0 Å². The zero-order chi connectivity index (χ0) is 30.5. The van der Waals surface area contributed by atoms with Gasteiger partial charge in [0.2, 0.25) is 0 Å². The zero-order valence-electron chi connectivity index (χ0n) is 25.0. The maximum absolute atomic E-state index is 6.96. The summed E-state index contributed by atoms with van der Waals surface area (Å²) in [6, 6.07) is 59.3. The standard InChI is InChI=1S/C43H28N2O/c1-5-15-29(16-6-1)33-27-36(30-17-7-2-8-18-30)44-39(28-33)45-37-24-14-13-23-34(37)41-38(45)26-25-35-40(31-19-9-3-10-20-31)42(46-43(35)41)32-21-11-4-12-22-32/h1-28H. The van der Waals surface area contributed by atoms with Crippen molar-refractivity contribution in [3.8, 4) is 50.7 Å². The Hall–Kier alpha value is -6.19. The molecule has 0 saturated heterocycles. The molecule has 9 aromatic rings. The van der Waals surface area contributed by atoms with E-state index in [2.05, 4.69) is 162 Å². The molecule has 0 radical (unpaired) electrons. The largest absolute Gasteiger partial charge is 0.455 e. The van der Waals surface area contributed by atoms with Crippen molar-refractivity contribution >= 4 is 32.8 Å². The van der Waals surface area contributed by atoms with Crippen molar-refractivity contribution in [3.05, 3.63) is 170 Å². The fraction of sp³-hybridized carbons (Fsp3) is 0. The number of fused-ring (bicyclic) bond motifs is 5. The van der Waals surface area contributed by atoms with Gasteiger partial charge in [0.1, 0.15) is 17.2 Å². The average Bonchev–Trinajstić information content (AvgIpc) is 3.69. The molecular weight excluding hydrogens is 560 g/mol. The third-order valence-corrected chi connectivity index (χ3v) is 8.81. The fourth-order valence-electron chi connectivity index (χ4n) is 6.72. The summed E-state index contributed by atoms with van der Waals surface area (Å²) >= 11 is 0. The summed E-state index contributed by atoms with van der Waals surface area (Å²) in [5.41, 5.74) is 10.6. The number of furan rings is 1. The first-order valence-corrected chi connectivity index (χ1v) is 15.6. The molecule has 0 bridgehead atoms. The molecule has 46 heavy (non-hydrogen) atoms. The van der Waals surface area contributed by atoms with Crippen LogP contribution in [0.15, 0.2) is 174 Å². The van der Waals surface area contributed by atoms with Crippen molar-refractivity contribution < 1.29 is 4.42 Å². The Bertz CT molecular complexity index is 2440. The molecule has 0 fully saturated rings. The highest BCUT2D eigenvalue weighted by Crippen LogP contribution is 2.46. The van der Waals surface area contributed by atoms with Crippen LogP contribution in [0.25, 0.3) is 83.4 Å². The summed E-state index contributed by atoms with van der Waals surface area (Å²) in [5.74, 6) is 1.74. The molecule has 9 rings (SSSR count). The van der Waals surface area contributed by atoms with E-state index in [1.807, 2.05) is 12.1 Å². The minimum absolute atomic E-state index is 0.865. The van der Waals surface area contributed by atoms with Crippen LogP contribution in [0.4, 0.5) is 0 Å². The quantitative estimate of drug-likeness (QED) is 0.200. The van der Waals surface area contributed by atoms with Gasteiger partial charge in [-0.2, -0.15) is 0 Å². The summed E-state index contributed by atoms with van der Waals surface area (Å²) in [5, 5.41) is 3.31. The summed E-state index contributed by atoms with van der Waals surface area (Å²) in [6.45, 7) is 0. The van der Waals surface area contributed by atoms with E-state index in [1.165, 1.54) is 0 Å². The Morgan fingerprint density at radius 1 is 0.435 bits per heavy atom. The van der Waals surface area contributed by atoms with Gasteiger partial charge in [0.05, 0.1) is 22.1 Å². The molecule has 0 unspecified atom stereocenters. The van der Waals surface area contributed by atoms with Crippen molar-refractivity contribution in [3.63, 3.8) is 0 Å². The summed E-state index contributed by atoms with van der Waals surface area (Å²) in [6.07, 6.45) is 0. The number of nitrogens with zero attached hydrogens (tertiary/aromatic N) is 2. The third kappa shape index (κ3) is 4.25. The number of hydrogen-bond donors (Lipinski definition) is 0. The Labute approximate surface area is 266 Å². The van der Waals surface area contributed by atoms with Crippen LogP contribution in [0.3, 0.4) is 0 Å². The third-order valence-electron chi connectivity index (χ3n) is 8.81. The maximum atomic E-state index is 6.96. The van der Waals surface area contributed by atoms with Gasteiger partial charge in [-0.15, -0.1) is 0 Å². The number of rotatable bonds is 5. The van der Waals surface area contributed by atoms with E-state index in [0.29, 0.717) is 0 Å². The highest BCUT2D eigenvalue weighted by molar-refractivity contribution is 6.22. The lowest BCUT2D eigenvalue weighted by Crippen LogP contribution is -2.00. The number of hydrogen-bond acceptors (Lipinski definition) is 2. The molecule has 0 aliphatic heterocycles. The average molecular weight is 589 g/mol. The van der Waals surface area contributed by atoms with Crippen molar-refractivity contribution in [2.24, 2.45) is 0 Å². The molecule has 0 aliphatic carbocycles. The summed E-state index contributed by atoms with van der Waals surface area (Å²) in [4.78, 5) is 5.30. The van der Waals surface area contributed by atoms with E-state index in [0.717, 1.165) is 83.4 Å². The number of para-hydroxylation sites is 1. The van der Waals surface area contributed by atoms with E-state index in [1.54, 1.807) is 0 Å². The number of pyridine rings is 1. The molecular formula is C43H28N2O.